The first kappa shape index (κ1) is 14.9. The second kappa shape index (κ2) is 6.76. The summed E-state index contributed by atoms with van der Waals surface area (Å²) in [5, 5.41) is 2.39. The summed E-state index contributed by atoms with van der Waals surface area (Å²) >= 11 is 0. The second-order valence-electron chi connectivity index (χ2n) is 4.87. The lowest BCUT2D eigenvalue weighted by Gasteiger charge is -2.15. The van der Waals surface area contributed by atoms with Gasteiger partial charge in [-0.1, -0.05) is 0 Å². The van der Waals surface area contributed by atoms with Gasteiger partial charge < -0.3 is 15.0 Å². The molecule has 1 heterocycles. The van der Waals surface area contributed by atoms with Crippen LogP contribution in [0.4, 0.5) is 14.5 Å². The van der Waals surface area contributed by atoms with Gasteiger partial charge in [0.1, 0.15) is 11.6 Å². The van der Waals surface area contributed by atoms with Crippen molar-refractivity contribution in [2.45, 2.75) is 18.9 Å². The van der Waals surface area contributed by atoms with Crippen LogP contribution >= 0.6 is 0 Å². The van der Waals surface area contributed by atoms with E-state index in [0.717, 1.165) is 37.7 Å². The third kappa shape index (κ3) is 3.98. The summed E-state index contributed by atoms with van der Waals surface area (Å²) in [5.41, 5.74) is -0.119. The Morgan fingerprint density at radius 3 is 3.00 bits per heavy atom. The Balaban J connectivity index is 1.79. The molecular formula is C14H18F2N2O2. The fraction of sp³-hybridized carbons (Fsp3) is 0.500. The third-order valence-corrected chi connectivity index (χ3v) is 3.42. The molecule has 1 aliphatic rings. The van der Waals surface area contributed by atoms with E-state index >= 15 is 0 Å². The van der Waals surface area contributed by atoms with Crippen molar-refractivity contribution in [3.63, 3.8) is 0 Å². The van der Waals surface area contributed by atoms with Crippen molar-refractivity contribution in [1.82, 2.24) is 4.90 Å². The van der Waals surface area contributed by atoms with Crippen molar-refractivity contribution in [2.24, 2.45) is 0 Å². The van der Waals surface area contributed by atoms with Crippen LogP contribution in [-0.4, -0.2) is 43.7 Å². The van der Waals surface area contributed by atoms with Gasteiger partial charge in [0.05, 0.1) is 11.8 Å². The Morgan fingerprint density at radius 1 is 1.50 bits per heavy atom. The van der Waals surface area contributed by atoms with Gasteiger partial charge in [0, 0.05) is 39.2 Å². The number of likely N-dealkylation sites (tertiary alicyclic amines) is 1. The second-order valence-corrected chi connectivity index (χ2v) is 4.87. The van der Waals surface area contributed by atoms with Gasteiger partial charge in [-0.3, -0.25) is 4.79 Å². The van der Waals surface area contributed by atoms with Crippen molar-refractivity contribution in [3.8, 4) is 0 Å². The van der Waals surface area contributed by atoms with Gasteiger partial charge in [0.15, 0.2) is 0 Å². The number of benzene rings is 1. The number of rotatable bonds is 5. The average molecular weight is 284 g/mol. The molecule has 1 aromatic carbocycles. The van der Waals surface area contributed by atoms with Crippen molar-refractivity contribution in [2.75, 3.05) is 32.1 Å². The number of ether oxygens (including phenoxy) is 1. The lowest BCUT2D eigenvalue weighted by atomic mass is 10.2. The molecule has 1 aromatic rings. The molecule has 1 aliphatic heterocycles. The van der Waals surface area contributed by atoms with Crippen LogP contribution in [-0.2, 0) is 9.53 Å². The predicted molar refractivity (Wildman–Crippen MR) is 71.5 cm³/mol. The molecule has 0 bridgehead atoms. The summed E-state index contributed by atoms with van der Waals surface area (Å²) in [4.78, 5) is 13.8. The molecule has 20 heavy (non-hydrogen) atoms. The van der Waals surface area contributed by atoms with E-state index in [2.05, 4.69) is 10.2 Å². The molecule has 110 valence electrons. The maximum absolute atomic E-state index is 13.4. The highest BCUT2D eigenvalue weighted by molar-refractivity contribution is 5.90. The minimum atomic E-state index is -0.639. The quantitative estimate of drug-likeness (QED) is 0.899. The summed E-state index contributed by atoms with van der Waals surface area (Å²) < 4.78 is 31.6. The minimum Gasteiger partial charge on any atom is -0.380 e. The summed E-state index contributed by atoms with van der Waals surface area (Å²) in [6.07, 6.45) is 1.42. The molecule has 0 aromatic heterocycles. The Hall–Kier alpha value is -1.53. The number of halogens is 2. The number of nitrogens with zero attached hydrogens (tertiary/aromatic N) is 1. The normalized spacial score (nSPS) is 19.2. The molecule has 1 fully saturated rings. The van der Waals surface area contributed by atoms with E-state index in [-0.39, 0.29) is 24.1 Å². The number of hydrogen-bond donors (Lipinski definition) is 1. The molecule has 0 unspecified atom stereocenters. The average Bonchev–Trinajstić information content (AvgIpc) is 2.89. The predicted octanol–water partition coefficient (Wildman–Crippen LogP) is 2.01. The smallest absolute Gasteiger partial charge is 0.225 e. The van der Waals surface area contributed by atoms with Crippen LogP contribution in [0.1, 0.15) is 12.8 Å². The zero-order valence-electron chi connectivity index (χ0n) is 11.4. The van der Waals surface area contributed by atoms with Gasteiger partial charge in [-0.25, -0.2) is 8.78 Å². The zero-order valence-corrected chi connectivity index (χ0v) is 11.4. The Kier molecular flexibility index (Phi) is 5.03. The Bertz CT molecular complexity index is 482. The van der Waals surface area contributed by atoms with Crippen LogP contribution in [0.3, 0.4) is 0 Å². The van der Waals surface area contributed by atoms with Crippen LogP contribution in [0.5, 0.6) is 0 Å². The van der Waals surface area contributed by atoms with E-state index < -0.39 is 11.6 Å². The van der Waals surface area contributed by atoms with E-state index in [1.54, 1.807) is 7.11 Å². The van der Waals surface area contributed by atoms with Gasteiger partial charge in [-0.2, -0.15) is 0 Å². The molecular weight excluding hydrogens is 266 g/mol. The minimum absolute atomic E-state index is 0.119. The van der Waals surface area contributed by atoms with Gasteiger partial charge >= 0.3 is 0 Å². The fourth-order valence-electron chi connectivity index (χ4n) is 2.26. The van der Waals surface area contributed by atoms with E-state index in [4.69, 9.17) is 4.74 Å². The molecule has 1 N–H and O–H groups in total. The van der Waals surface area contributed by atoms with E-state index in [1.807, 2.05) is 0 Å². The van der Waals surface area contributed by atoms with Gasteiger partial charge in [-0.15, -0.1) is 0 Å². The monoisotopic (exact) mass is 284 g/mol. The van der Waals surface area contributed by atoms with Crippen LogP contribution in [0, 0.1) is 11.6 Å². The van der Waals surface area contributed by atoms with E-state index in [9.17, 15) is 13.6 Å². The number of nitrogens with one attached hydrogen (secondary N) is 1. The summed E-state index contributed by atoms with van der Waals surface area (Å²) in [6, 6.07) is 2.98. The molecule has 2 rings (SSSR count). The van der Waals surface area contributed by atoms with Gasteiger partial charge in [0.2, 0.25) is 5.91 Å². The highest BCUT2D eigenvalue weighted by Gasteiger charge is 2.22. The number of amides is 1. The van der Waals surface area contributed by atoms with Crippen LogP contribution in [0.2, 0.25) is 0 Å². The third-order valence-electron chi connectivity index (χ3n) is 3.42. The Morgan fingerprint density at radius 2 is 2.30 bits per heavy atom. The number of hydrogen-bond acceptors (Lipinski definition) is 3. The SMILES string of the molecule is CO[C@@H]1CCN(CCC(=O)Nc2cc(F)ccc2F)C1. The molecule has 0 aliphatic carbocycles. The fourth-order valence-corrected chi connectivity index (χ4v) is 2.26. The van der Waals surface area contributed by atoms with Crippen molar-refractivity contribution in [1.29, 1.82) is 0 Å². The van der Waals surface area contributed by atoms with E-state index in [0.29, 0.717) is 6.54 Å². The summed E-state index contributed by atoms with van der Waals surface area (Å²) in [7, 11) is 1.67. The first-order valence-corrected chi connectivity index (χ1v) is 6.58. The van der Waals surface area contributed by atoms with Crippen molar-refractivity contribution >= 4 is 11.6 Å². The van der Waals surface area contributed by atoms with E-state index in [1.165, 1.54) is 0 Å². The molecule has 1 atom stereocenters. The molecule has 1 saturated heterocycles. The summed E-state index contributed by atoms with van der Waals surface area (Å²) in [6.45, 7) is 2.28. The first-order valence-electron chi connectivity index (χ1n) is 6.58. The standard InChI is InChI=1S/C14H18F2N2O2/c1-20-11-4-6-18(9-11)7-5-14(19)17-13-8-10(15)2-3-12(13)16/h2-3,8,11H,4-7,9H2,1H3,(H,17,19)/t11-/m1/s1. The van der Waals surface area contributed by atoms with Gasteiger partial charge in [0.25, 0.3) is 0 Å². The van der Waals surface area contributed by atoms with Crippen molar-refractivity contribution < 1.29 is 18.3 Å². The largest absolute Gasteiger partial charge is 0.380 e. The molecule has 0 saturated carbocycles. The lowest BCUT2D eigenvalue weighted by Crippen LogP contribution is -2.27. The number of carbonyl (C=O) groups excluding carboxylic acids is 1. The summed E-state index contributed by atoms with van der Waals surface area (Å²) in [5.74, 6) is -1.54. The molecule has 0 spiro atoms. The maximum Gasteiger partial charge on any atom is 0.225 e. The topological polar surface area (TPSA) is 41.6 Å². The molecule has 0 radical (unpaired) electrons. The maximum atomic E-state index is 13.4. The zero-order chi connectivity index (χ0) is 14.5. The number of anilines is 1. The number of methoxy groups -OCH3 is 1. The molecule has 1 amide bonds. The molecule has 6 heteroatoms. The lowest BCUT2D eigenvalue weighted by molar-refractivity contribution is -0.116. The Labute approximate surface area is 116 Å². The van der Waals surface area contributed by atoms with Gasteiger partial charge in [-0.05, 0) is 18.6 Å². The first-order chi connectivity index (χ1) is 9.58. The number of carbonyl (C=O) groups is 1. The van der Waals surface area contributed by atoms with Crippen LogP contribution in [0.15, 0.2) is 18.2 Å². The van der Waals surface area contributed by atoms with Crippen LogP contribution < -0.4 is 5.32 Å². The van der Waals surface area contributed by atoms with Crippen LogP contribution in [0.25, 0.3) is 0 Å². The van der Waals surface area contributed by atoms with Crippen molar-refractivity contribution in [3.05, 3.63) is 29.8 Å². The highest BCUT2D eigenvalue weighted by Crippen LogP contribution is 2.16. The molecule has 4 nitrogen and oxygen atoms in total. The highest BCUT2D eigenvalue weighted by atomic mass is 19.1.